The molecule has 2 N–H and O–H groups in total. The highest BCUT2D eigenvalue weighted by molar-refractivity contribution is 6.01. The molecular formula is C17H24N2O2. The van der Waals surface area contributed by atoms with Crippen molar-refractivity contribution in [2.45, 2.75) is 46.5 Å². The predicted molar refractivity (Wildman–Crippen MR) is 84.3 cm³/mol. The number of benzene rings is 1. The highest BCUT2D eigenvalue weighted by atomic mass is 16.2. The van der Waals surface area contributed by atoms with Crippen LogP contribution < -0.4 is 10.6 Å². The van der Waals surface area contributed by atoms with Crippen molar-refractivity contribution in [3.63, 3.8) is 0 Å². The van der Waals surface area contributed by atoms with Gasteiger partial charge >= 0.3 is 0 Å². The van der Waals surface area contributed by atoms with Crippen LogP contribution in [-0.2, 0) is 15.0 Å². The zero-order valence-corrected chi connectivity index (χ0v) is 13.5. The number of aryl methyl sites for hydroxylation is 2. The lowest BCUT2D eigenvalue weighted by atomic mass is 9.84. The fourth-order valence-electron chi connectivity index (χ4n) is 2.93. The largest absolute Gasteiger partial charge is 0.369 e. The van der Waals surface area contributed by atoms with Gasteiger partial charge in [-0.05, 0) is 36.0 Å². The Balaban J connectivity index is 2.42. The summed E-state index contributed by atoms with van der Waals surface area (Å²) in [6.45, 7) is 10.9. The van der Waals surface area contributed by atoms with Crippen LogP contribution in [0.2, 0.25) is 0 Å². The summed E-state index contributed by atoms with van der Waals surface area (Å²) in [5.41, 5.74) is 9.72. The van der Waals surface area contributed by atoms with E-state index >= 15 is 0 Å². The van der Waals surface area contributed by atoms with Gasteiger partial charge in [0.05, 0.1) is 5.92 Å². The van der Waals surface area contributed by atoms with Crippen molar-refractivity contribution in [2.75, 3.05) is 11.4 Å². The number of primary amides is 1. The maximum absolute atomic E-state index is 12.2. The Morgan fingerprint density at radius 2 is 1.76 bits per heavy atom. The third kappa shape index (κ3) is 2.94. The lowest BCUT2D eigenvalue weighted by Crippen LogP contribution is -2.29. The number of anilines is 1. The molecule has 4 heteroatoms. The van der Waals surface area contributed by atoms with E-state index < -0.39 is 5.91 Å². The van der Waals surface area contributed by atoms with Crippen LogP contribution in [0.5, 0.6) is 0 Å². The molecule has 2 amide bonds. The lowest BCUT2D eigenvalue weighted by Gasteiger charge is -2.26. The first-order valence-electron chi connectivity index (χ1n) is 7.32. The first-order chi connectivity index (χ1) is 9.61. The summed E-state index contributed by atoms with van der Waals surface area (Å²) < 4.78 is 0. The molecule has 1 aliphatic heterocycles. The third-order valence-corrected chi connectivity index (χ3v) is 4.15. The molecule has 21 heavy (non-hydrogen) atoms. The zero-order chi connectivity index (χ0) is 15.9. The number of amides is 2. The van der Waals surface area contributed by atoms with Crippen molar-refractivity contribution in [1.29, 1.82) is 0 Å². The smallest absolute Gasteiger partial charge is 0.227 e. The topological polar surface area (TPSA) is 63.4 Å². The Morgan fingerprint density at radius 3 is 2.14 bits per heavy atom. The monoisotopic (exact) mass is 288 g/mol. The van der Waals surface area contributed by atoms with E-state index in [9.17, 15) is 9.59 Å². The summed E-state index contributed by atoms with van der Waals surface area (Å²) in [6.07, 6.45) is 0.217. The van der Waals surface area contributed by atoms with Gasteiger partial charge in [-0.15, -0.1) is 0 Å². The molecule has 0 radical (unpaired) electrons. The average molecular weight is 288 g/mol. The van der Waals surface area contributed by atoms with Gasteiger partial charge in [-0.2, -0.15) is 0 Å². The highest BCUT2D eigenvalue weighted by Crippen LogP contribution is 2.34. The minimum atomic E-state index is -0.396. The summed E-state index contributed by atoms with van der Waals surface area (Å²) in [7, 11) is 0. The Kier molecular flexibility index (Phi) is 3.83. The van der Waals surface area contributed by atoms with E-state index in [0.29, 0.717) is 6.54 Å². The number of carbonyl (C=O) groups excluding carboxylic acids is 2. The van der Waals surface area contributed by atoms with E-state index in [0.717, 1.165) is 16.8 Å². The molecular weight excluding hydrogens is 264 g/mol. The van der Waals surface area contributed by atoms with Crippen molar-refractivity contribution < 1.29 is 9.59 Å². The number of hydrogen-bond donors (Lipinski definition) is 1. The van der Waals surface area contributed by atoms with E-state index in [1.165, 1.54) is 5.56 Å². The van der Waals surface area contributed by atoms with Crippen molar-refractivity contribution in [2.24, 2.45) is 11.7 Å². The molecule has 0 aliphatic carbocycles. The molecule has 0 bridgehead atoms. The second kappa shape index (κ2) is 5.17. The molecule has 114 valence electrons. The van der Waals surface area contributed by atoms with Gasteiger partial charge < -0.3 is 10.6 Å². The van der Waals surface area contributed by atoms with Gasteiger partial charge in [0, 0.05) is 18.7 Å². The normalized spacial score (nSPS) is 19.2. The molecule has 1 aromatic rings. The van der Waals surface area contributed by atoms with Crippen LogP contribution in [0.4, 0.5) is 5.69 Å². The van der Waals surface area contributed by atoms with Crippen molar-refractivity contribution in [1.82, 2.24) is 0 Å². The van der Waals surface area contributed by atoms with Gasteiger partial charge in [0.25, 0.3) is 0 Å². The summed E-state index contributed by atoms with van der Waals surface area (Å²) in [5.74, 6) is -0.792. The zero-order valence-electron chi connectivity index (χ0n) is 13.5. The van der Waals surface area contributed by atoms with E-state index in [2.05, 4.69) is 32.9 Å². The number of nitrogens with two attached hydrogens (primary N) is 1. The maximum atomic E-state index is 12.2. The Labute approximate surface area is 126 Å². The van der Waals surface area contributed by atoms with E-state index in [-0.39, 0.29) is 23.7 Å². The van der Waals surface area contributed by atoms with Crippen LogP contribution in [0.1, 0.15) is 43.9 Å². The van der Waals surface area contributed by atoms with E-state index in [1.54, 1.807) is 4.90 Å². The van der Waals surface area contributed by atoms with Gasteiger partial charge in [0.15, 0.2) is 0 Å². The third-order valence-electron chi connectivity index (χ3n) is 4.15. The summed E-state index contributed by atoms with van der Waals surface area (Å²) in [6, 6.07) is 4.26. The van der Waals surface area contributed by atoms with Crippen LogP contribution in [-0.4, -0.2) is 18.4 Å². The van der Waals surface area contributed by atoms with Crippen LogP contribution in [0.25, 0.3) is 0 Å². The SMILES string of the molecule is Cc1cc(C(C)(C)C)cc(C)c1N1CC(C(N)=O)CC1=O. The first-order valence-corrected chi connectivity index (χ1v) is 7.32. The average Bonchev–Trinajstić information content (AvgIpc) is 2.69. The van der Waals surface area contributed by atoms with Crippen LogP contribution >= 0.6 is 0 Å². The van der Waals surface area contributed by atoms with Gasteiger partial charge in [0.2, 0.25) is 11.8 Å². The quantitative estimate of drug-likeness (QED) is 0.908. The van der Waals surface area contributed by atoms with Gasteiger partial charge in [0.1, 0.15) is 0 Å². The summed E-state index contributed by atoms with van der Waals surface area (Å²) >= 11 is 0. The maximum Gasteiger partial charge on any atom is 0.227 e. The van der Waals surface area contributed by atoms with Gasteiger partial charge in [-0.3, -0.25) is 9.59 Å². The standard InChI is InChI=1S/C17H24N2O2/c1-10-6-13(17(3,4)5)7-11(2)15(10)19-9-12(16(18)21)8-14(19)20/h6-7,12H,8-9H2,1-5H3,(H2,18,21). The summed E-state index contributed by atoms with van der Waals surface area (Å²) in [4.78, 5) is 25.2. The molecule has 0 spiro atoms. The Morgan fingerprint density at radius 1 is 1.24 bits per heavy atom. The van der Waals surface area contributed by atoms with Crippen molar-refractivity contribution in [3.8, 4) is 0 Å². The van der Waals surface area contributed by atoms with Crippen LogP contribution in [0.3, 0.4) is 0 Å². The number of nitrogens with zero attached hydrogens (tertiary/aromatic N) is 1. The molecule has 0 aromatic heterocycles. The molecule has 1 fully saturated rings. The Bertz CT molecular complexity index is 576. The number of rotatable bonds is 2. The second-order valence-corrected chi connectivity index (χ2v) is 7.02. The minimum Gasteiger partial charge on any atom is -0.369 e. The van der Waals surface area contributed by atoms with Crippen molar-refractivity contribution in [3.05, 3.63) is 28.8 Å². The molecule has 1 aromatic carbocycles. The molecule has 1 unspecified atom stereocenters. The first kappa shape index (κ1) is 15.5. The molecule has 1 aliphatic rings. The van der Waals surface area contributed by atoms with E-state index in [4.69, 9.17) is 5.73 Å². The van der Waals surface area contributed by atoms with Gasteiger partial charge in [-0.1, -0.05) is 32.9 Å². The second-order valence-electron chi connectivity index (χ2n) is 7.02. The van der Waals surface area contributed by atoms with Crippen LogP contribution in [0.15, 0.2) is 12.1 Å². The molecule has 0 saturated carbocycles. The summed E-state index contributed by atoms with van der Waals surface area (Å²) in [5, 5.41) is 0. The molecule has 4 nitrogen and oxygen atoms in total. The van der Waals surface area contributed by atoms with Crippen molar-refractivity contribution >= 4 is 17.5 Å². The lowest BCUT2D eigenvalue weighted by molar-refractivity contribution is -0.123. The Hall–Kier alpha value is -1.84. The fourth-order valence-corrected chi connectivity index (χ4v) is 2.93. The molecule has 1 atom stereocenters. The van der Waals surface area contributed by atoms with Crippen LogP contribution in [0, 0.1) is 19.8 Å². The predicted octanol–water partition coefficient (Wildman–Crippen LogP) is 2.44. The van der Waals surface area contributed by atoms with Gasteiger partial charge in [-0.25, -0.2) is 0 Å². The molecule has 1 saturated heterocycles. The number of hydrogen-bond acceptors (Lipinski definition) is 2. The van der Waals surface area contributed by atoms with E-state index in [1.807, 2.05) is 13.8 Å². The molecule has 1 heterocycles. The fraction of sp³-hybridized carbons (Fsp3) is 0.529. The highest BCUT2D eigenvalue weighted by Gasteiger charge is 2.35. The number of carbonyl (C=O) groups is 2. The minimum absolute atomic E-state index is 0.0199. The molecule has 2 rings (SSSR count).